The van der Waals surface area contributed by atoms with Gasteiger partial charge in [0.1, 0.15) is 5.84 Å². The summed E-state index contributed by atoms with van der Waals surface area (Å²) < 4.78 is 0. The summed E-state index contributed by atoms with van der Waals surface area (Å²) in [5.41, 5.74) is 2.43. The average Bonchev–Trinajstić information content (AvgIpc) is 3.04. The number of amidine groups is 1. The summed E-state index contributed by atoms with van der Waals surface area (Å²) >= 11 is 5.87. The number of rotatable bonds is 6. The zero-order chi connectivity index (χ0) is 16.7. The molecule has 1 aromatic rings. The Hall–Kier alpha value is -2.12. The minimum Gasteiger partial charge on any atom is -0.338 e. The molecule has 0 radical (unpaired) electrons. The van der Waals surface area contributed by atoms with Gasteiger partial charge in [-0.3, -0.25) is 19.9 Å². The van der Waals surface area contributed by atoms with E-state index in [0.29, 0.717) is 43.3 Å². The monoisotopic (exact) mass is 338 g/mol. The normalized spacial score (nSPS) is 13.7. The summed E-state index contributed by atoms with van der Waals surface area (Å²) in [6.07, 6.45) is 1.47. The van der Waals surface area contributed by atoms with Gasteiger partial charge in [0.2, 0.25) is 5.91 Å². The van der Waals surface area contributed by atoms with Gasteiger partial charge in [-0.25, -0.2) is 10.3 Å². The molecule has 1 heterocycles. The van der Waals surface area contributed by atoms with Crippen molar-refractivity contribution in [3.8, 4) is 0 Å². The maximum absolute atomic E-state index is 12.2. The maximum atomic E-state index is 12.2. The number of halogens is 1. The highest BCUT2D eigenvalue weighted by atomic mass is 35.5. The van der Waals surface area contributed by atoms with Gasteiger partial charge in [-0.2, -0.15) is 0 Å². The Morgan fingerprint density at radius 3 is 2.70 bits per heavy atom. The van der Waals surface area contributed by atoms with Crippen LogP contribution in [0.5, 0.6) is 0 Å². The third kappa shape index (κ3) is 4.94. The van der Waals surface area contributed by atoms with Crippen molar-refractivity contribution < 1.29 is 14.8 Å². The van der Waals surface area contributed by atoms with Gasteiger partial charge in [-0.1, -0.05) is 11.6 Å². The van der Waals surface area contributed by atoms with Crippen LogP contribution in [-0.2, 0) is 4.79 Å². The number of carbonyl (C=O) groups excluding carboxylic acids is 2. The summed E-state index contributed by atoms with van der Waals surface area (Å²) in [7, 11) is 0. The van der Waals surface area contributed by atoms with E-state index >= 15 is 0 Å². The molecular formula is C15H19ClN4O3. The number of nitrogens with one attached hydrogen (secondary N) is 2. The molecule has 0 aliphatic carbocycles. The third-order valence-corrected chi connectivity index (χ3v) is 3.67. The number of unbranched alkanes of at least 4 members (excludes halogenated alkanes) is 1. The molecule has 0 spiro atoms. The molecule has 3 amide bonds. The zero-order valence-corrected chi connectivity index (χ0v) is 13.3. The topological polar surface area (TPSA) is 94.0 Å². The van der Waals surface area contributed by atoms with Crippen molar-refractivity contribution >= 4 is 29.4 Å². The lowest BCUT2D eigenvalue weighted by atomic mass is 10.2. The number of amides is 3. The van der Waals surface area contributed by atoms with Crippen molar-refractivity contribution in [1.29, 1.82) is 0 Å². The Labute approximate surface area is 139 Å². The van der Waals surface area contributed by atoms with Gasteiger partial charge >= 0.3 is 6.03 Å². The molecule has 0 fully saturated rings. The van der Waals surface area contributed by atoms with Crippen LogP contribution < -0.4 is 10.8 Å². The largest absolute Gasteiger partial charge is 0.338 e. The average molecular weight is 339 g/mol. The molecule has 8 heteroatoms. The quantitative estimate of drug-likeness (QED) is 0.419. The number of hydroxylamine groups is 1. The molecule has 1 aliphatic rings. The van der Waals surface area contributed by atoms with Gasteiger partial charge in [0.05, 0.1) is 6.54 Å². The van der Waals surface area contributed by atoms with E-state index in [-0.39, 0.29) is 12.5 Å². The van der Waals surface area contributed by atoms with E-state index < -0.39 is 5.91 Å². The molecule has 124 valence electrons. The Bertz CT molecular complexity index is 589. The van der Waals surface area contributed by atoms with Crippen LogP contribution in [-0.4, -0.2) is 47.5 Å². The van der Waals surface area contributed by atoms with E-state index in [4.69, 9.17) is 16.8 Å². The lowest BCUT2D eigenvalue weighted by Crippen LogP contribution is -2.42. The molecule has 1 aromatic carbocycles. The molecule has 0 saturated carbocycles. The Morgan fingerprint density at radius 1 is 1.26 bits per heavy atom. The molecule has 0 unspecified atom stereocenters. The van der Waals surface area contributed by atoms with Crippen LogP contribution >= 0.6 is 11.6 Å². The summed E-state index contributed by atoms with van der Waals surface area (Å²) in [4.78, 5) is 29.1. The predicted molar refractivity (Wildman–Crippen MR) is 86.7 cm³/mol. The van der Waals surface area contributed by atoms with Crippen LogP contribution in [0.15, 0.2) is 29.3 Å². The first-order chi connectivity index (χ1) is 11.1. The van der Waals surface area contributed by atoms with Gasteiger partial charge in [-0.05, 0) is 37.1 Å². The van der Waals surface area contributed by atoms with E-state index in [2.05, 4.69) is 10.3 Å². The van der Waals surface area contributed by atoms with Gasteiger partial charge < -0.3 is 5.32 Å². The van der Waals surface area contributed by atoms with E-state index in [0.717, 1.165) is 5.56 Å². The van der Waals surface area contributed by atoms with Gasteiger partial charge in [0, 0.05) is 30.1 Å². The van der Waals surface area contributed by atoms with Crippen molar-refractivity contribution in [2.24, 2.45) is 4.99 Å². The number of nitrogens with zero attached hydrogens (tertiary/aromatic N) is 2. The van der Waals surface area contributed by atoms with Crippen LogP contribution in [0.1, 0.15) is 24.8 Å². The van der Waals surface area contributed by atoms with E-state index in [9.17, 15) is 9.59 Å². The molecular weight excluding hydrogens is 320 g/mol. The van der Waals surface area contributed by atoms with E-state index in [1.165, 1.54) is 0 Å². The van der Waals surface area contributed by atoms with Crippen LogP contribution in [0, 0.1) is 0 Å². The fourth-order valence-electron chi connectivity index (χ4n) is 2.25. The van der Waals surface area contributed by atoms with Gasteiger partial charge in [0.25, 0.3) is 0 Å². The standard InChI is InChI=1S/C15H19ClN4O3/c16-12-6-4-11(5-7-12)14-17-9-10-20(14)15(22)18-8-2-1-3-13(21)19-23/h4-7,23H,1-3,8-10H2,(H,18,22)(H,19,21). The van der Waals surface area contributed by atoms with E-state index in [1.54, 1.807) is 22.5 Å². The third-order valence-electron chi connectivity index (χ3n) is 3.42. The second-order valence-electron chi connectivity index (χ2n) is 5.09. The summed E-state index contributed by atoms with van der Waals surface area (Å²) in [6.45, 7) is 1.57. The summed E-state index contributed by atoms with van der Waals surface area (Å²) in [5.74, 6) is 0.215. The van der Waals surface area contributed by atoms with Crippen molar-refractivity contribution in [1.82, 2.24) is 15.7 Å². The van der Waals surface area contributed by atoms with E-state index in [1.807, 2.05) is 12.1 Å². The highest BCUT2D eigenvalue weighted by Crippen LogP contribution is 2.15. The Balaban J connectivity index is 1.81. The number of hydrogen-bond donors (Lipinski definition) is 3. The second-order valence-corrected chi connectivity index (χ2v) is 5.52. The molecule has 0 aromatic heterocycles. The van der Waals surface area contributed by atoms with Crippen molar-refractivity contribution in [3.05, 3.63) is 34.9 Å². The second kappa shape index (κ2) is 8.50. The highest BCUT2D eigenvalue weighted by Gasteiger charge is 2.24. The van der Waals surface area contributed by atoms with Crippen LogP contribution in [0.3, 0.4) is 0 Å². The molecule has 1 aliphatic heterocycles. The van der Waals surface area contributed by atoms with Gasteiger partial charge in [0.15, 0.2) is 0 Å². The molecule has 0 saturated heterocycles. The minimum absolute atomic E-state index is 0.206. The molecule has 0 atom stereocenters. The van der Waals surface area contributed by atoms with Crippen LogP contribution in [0.4, 0.5) is 4.79 Å². The van der Waals surface area contributed by atoms with Crippen LogP contribution in [0.2, 0.25) is 5.02 Å². The Kier molecular flexibility index (Phi) is 6.37. The number of aliphatic imine (C=N–C) groups is 1. The lowest BCUT2D eigenvalue weighted by Gasteiger charge is -2.19. The highest BCUT2D eigenvalue weighted by molar-refractivity contribution is 6.30. The smallest absolute Gasteiger partial charge is 0.323 e. The number of urea groups is 1. The first kappa shape index (κ1) is 17.2. The van der Waals surface area contributed by atoms with Crippen molar-refractivity contribution in [2.45, 2.75) is 19.3 Å². The fraction of sp³-hybridized carbons (Fsp3) is 0.400. The summed E-state index contributed by atoms with van der Waals surface area (Å²) in [6, 6.07) is 6.99. The molecule has 23 heavy (non-hydrogen) atoms. The number of benzene rings is 1. The fourth-order valence-corrected chi connectivity index (χ4v) is 2.37. The Morgan fingerprint density at radius 2 is 2.00 bits per heavy atom. The number of hydrogen-bond acceptors (Lipinski definition) is 4. The molecule has 3 N–H and O–H groups in total. The predicted octanol–water partition coefficient (Wildman–Crippen LogP) is 1.79. The minimum atomic E-state index is -0.423. The molecule has 7 nitrogen and oxygen atoms in total. The molecule has 0 bridgehead atoms. The lowest BCUT2D eigenvalue weighted by molar-refractivity contribution is -0.129. The number of carbonyl (C=O) groups is 2. The van der Waals surface area contributed by atoms with Gasteiger partial charge in [-0.15, -0.1) is 0 Å². The first-order valence-electron chi connectivity index (χ1n) is 7.40. The maximum Gasteiger partial charge on any atom is 0.323 e. The summed E-state index contributed by atoms with van der Waals surface area (Å²) in [5, 5.41) is 11.8. The first-order valence-corrected chi connectivity index (χ1v) is 7.78. The van der Waals surface area contributed by atoms with Crippen molar-refractivity contribution in [2.75, 3.05) is 19.6 Å². The van der Waals surface area contributed by atoms with Crippen LogP contribution in [0.25, 0.3) is 0 Å². The van der Waals surface area contributed by atoms with Crippen molar-refractivity contribution in [3.63, 3.8) is 0 Å². The SMILES string of the molecule is O=C(CCCCNC(=O)N1CCN=C1c1ccc(Cl)cc1)NO. The molecule has 2 rings (SSSR count). The zero-order valence-electron chi connectivity index (χ0n) is 12.6.